The molecule has 3 nitrogen and oxygen atoms in total. The molecule has 1 N–H and O–H groups in total. The Bertz CT molecular complexity index is 750. The number of benzene rings is 2. The van der Waals surface area contributed by atoms with Crippen LogP contribution in [0.4, 0.5) is 4.39 Å². The highest BCUT2D eigenvalue weighted by molar-refractivity contribution is 5.98. The molecule has 0 radical (unpaired) electrons. The standard InChI is InChI=1S/C16H12FNO2/c17-16-14(20-10-11-4-2-1-3-5-11)7-6-13-15(16)12(9-19)8-18-13/h1-9,18H,10H2. The predicted octanol–water partition coefficient (Wildman–Crippen LogP) is 3.70. The molecule has 4 heteroatoms. The lowest BCUT2D eigenvalue weighted by Gasteiger charge is -2.08. The molecule has 0 aliphatic heterocycles. The van der Waals surface area contributed by atoms with E-state index in [2.05, 4.69) is 4.98 Å². The van der Waals surface area contributed by atoms with Crippen molar-refractivity contribution in [3.05, 3.63) is 65.6 Å². The highest BCUT2D eigenvalue weighted by Crippen LogP contribution is 2.28. The average Bonchev–Trinajstić information content (AvgIpc) is 2.91. The zero-order valence-electron chi connectivity index (χ0n) is 10.6. The number of hydrogen-bond acceptors (Lipinski definition) is 2. The highest BCUT2D eigenvalue weighted by atomic mass is 19.1. The Hall–Kier alpha value is -2.62. The van der Waals surface area contributed by atoms with Gasteiger partial charge in [-0.05, 0) is 17.7 Å². The molecule has 0 unspecified atom stereocenters. The highest BCUT2D eigenvalue weighted by Gasteiger charge is 2.13. The fraction of sp³-hybridized carbons (Fsp3) is 0.0625. The Balaban J connectivity index is 1.92. The zero-order valence-corrected chi connectivity index (χ0v) is 10.6. The molecular formula is C16H12FNO2. The number of carbonyl (C=O) groups is 1. The van der Waals surface area contributed by atoms with Gasteiger partial charge < -0.3 is 9.72 Å². The van der Waals surface area contributed by atoms with Gasteiger partial charge in [0, 0.05) is 22.7 Å². The molecule has 0 aliphatic rings. The van der Waals surface area contributed by atoms with E-state index in [0.717, 1.165) is 5.56 Å². The summed E-state index contributed by atoms with van der Waals surface area (Å²) >= 11 is 0. The van der Waals surface area contributed by atoms with Crippen LogP contribution in [0.25, 0.3) is 10.9 Å². The largest absolute Gasteiger partial charge is 0.486 e. The number of ether oxygens (including phenoxy) is 1. The second-order valence-corrected chi connectivity index (χ2v) is 4.44. The Labute approximate surface area is 115 Å². The third-order valence-corrected chi connectivity index (χ3v) is 3.14. The van der Waals surface area contributed by atoms with Gasteiger partial charge in [0.2, 0.25) is 0 Å². The summed E-state index contributed by atoms with van der Waals surface area (Å²) in [5.41, 5.74) is 1.83. The summed E-state index contributed by atoms with van der Waals surface area (Å²) in [5.74, 6) is -0.370. The van der Waals surface area contributed by atoms with E-state index in [4.69, 9.17) is 4.74 Å². The molecule has 0 saturated carbocycles. The van der Waals surface area contributed by atoms with Crippen molar-refractivity contribution in [2.45, 2.75) is 6.61 Å². The van der Waals surface area contributed by atoms with E-state index in [1.54, 1.807) is 12.1 Å². The SMILES string of the molecule is O=Cc1c[nH]c2ccc(OCc3ccccc3)c(F)c12. The van der Waals surface area contributed by atoms with Gasteiger partial charge in [-0.25, -0.2) is 4.39 Å². The van der Waals surface area contributed by atoms with Crippen LogP contribution in [0.3, 0.4) is 0 Å². The normalized spacial score (nSPS) is 10.7. The Morgan fingerprint density at radius 1 is 1.15 bits per heavy atom. The zero-order chi connectivity index (χ0) is 13.9. The Morgan fingerprint density at radius 2 is 1.95 bits per heavy atom. The fourth-order valence-corrected chi connectivity index (χ4v) is 2.13. The number of aromatic nitrogens is 1. The monoisotopic (exact) mass is 269 g/mol. The third-order valence-electron chi connectivity index (χ3n) is 3.14. The van der Waals surface area contributed by atoms with Gasteiger partial charge in [0.15, 0.2) is 17.9 Å². The van der Waals surface area contributed by atoms with Gasteiger partial charge >= 0.3 is 0 Å². The van der Waals surface area contributed by atoms with Gasteiger partial charge in [-0.1, -0.05) is 30.3 Å². The first-order valence-corrected chi connectivity index (χ1v) is 6.21. The molecule has 2 aromatic carbocycles. The van der Waals surface area contributed by atoms with Crippen molar-refractivity contribution in [2.24, 2.45) is 0 Å². The summed E-state index contributed by atoms with van der Waals surface area (Å²) in [6.45, 7) is 0.282. The van der Waals surface area contributed by atoms with Crippen LogP contribution >= 0.6 is 0 Å². The van der Waals surface area contributed by atoms with Crippen molar-refractivity contribution in [1.82, 2.24) is 4.98 Å². The number of aldehydes is 1. The molecule has 0 fully saturated rings. The molecular weight excluding hydrogens is 257 g/mol. The molecule has 3 rings (SSSR count). The van der Waals surface area contributed by atoms with Gasteiger partial charge in [0.05, 0.1) is 0 Å². The summed E-state index contributed by atoms with van der Waals surface area (Å²) < 4.78 is 19.8. The molecule has 0 atom stereocenters. The summed E-state index contributed by atoms with van der Waals surface area (Å²) in [4.78, 5) is 13.8. The second-order valence-electron chi connectivity index (χ2n) is 4.44. The van der Waals surface area contributed by atoms with Crippen LogP contribution in [-0.4, -0.2) is 11.3 Å². The van der Waals surface area contributed by atoms with Crippen LogP contribution in [0.2, 0.25) is 0 Å². The lowest BCUT2D eigenvalue weighted by Crippen LogP contribution is -1.97. The summed E-state index contributed by atoms with van der Waals surface area (Å²) in [7, 11) is 0. The number of rotatable bonds is 4. The van der Waals surface area contributed by atoms with Crippen molar-refractivity contribution in [3.63, 3.8) is 0 Å². The van der Waals surface area contributed by atoms with Crippen molar-refractivity contribution in [1.29, 1.82) is 0 Å². The molecule has 0 aliphatic carbocycles. The summed E-state index contributed by atoms with van der Waals surface area (Å²) in [5, 5.41) is 0.269. The Kier molecular flexibility index (Phi) is 3.21. The maximum absolute atomic E-state index is 14.3. The quantitative estimate of drug-likeness (QED) is 0.734. The molecule has 1 heterocycles. The van der Waals surface area contributed by atoms with E-state index >= 15 is 0 Å². The van der Waals surface area contributed by atoms with E-state index in [1.165, 1.54) is 6.20 Å². The molecule has 0 amide bonds. The summed E-state index contributed by atoms with van der Waals surface area (Å²) in [6.07, 6.45) is 2.12. The number of halogens is 1. The van der Waals surface area contributed by atoms with Gasteiger partial charge in [0.25, 0.3) is 0 Å². The smallest absolute Gasteiger partial charge is 0.175 e. The minimum absolute atomic E-state index is 0.143. The molecule has 0 saturated heterocycles. The van der Waals surface area contributed by atoms with E-state index in [-0.39, 0.29) is 17.7 Å². The van der Waals surface area contributed by atoms with Crippen LogP contribution in [-0.2, 0) is 6.61 Å². The minimum Gasteiger partial charge on any atom is -0.486 e. The fourth-order valence-electron chi connectivity index (χ4n) is 2.13. The van der Waals surface area contributed by atoms with E-state index in [1.807, 2.05) is 30.3 Å². The molecule has 100 valence electrons. The lowest BCUT2D eigenvalue weighted by atomic mass is 10.1. The van der Waals surface area contributed by atoms with Crippen molar-refractivity contribution >= 4 is 17.2 Å². The topological polar surface area (TPSA) is 42.1 Å². The van der Waals surface area contributed by atoms with Crippen LogP contribution in [0.5, 0.6) is 5.75 Å². The molecule has 0 bridgehead atoms. The van der Waals surface area contributed by atoms with Crippen LogP contribution in [0.1, 0.15) is 15.9 Å². The van der Waals surface area contributed by atoms with Crippen molar-refractivity contribution in [3.8, 4) is 5.75 Å². The second kappa shape index (κ2) is 5.17. The first-order chi connectivity index (χ1) is 9.79. The van der Waals surface area contributed by atoms with Crippen molar-refractivity contribution in [2.75, 3.05) is 0 Å². The molecule has 20 heavy (non-hydrogen) atoms. The first kappa shape index (κ1) is 12.4. The number of fused-ring (bicyclic) bond motifs is 1. The molecule has 3 aromatic rings. The number of carbonyl (C=O) groups excluding carboxylic acids is 1. The number of aromatic amines is 1. The van der Waals surface area contributed by atoms with Gasteiger partial charge in [0.1, 0.15) is 6.61 Å². The van der Waals surface area contributed by atoms with Crippen molar-refractivity contribution < 1.29 is 13.9 Å². The molecule has 0 spiro atoms. The van der Waals surface area contributed by atoms with Gasteiger partial charge in [-0.15, -0.1) is 0 Å². The summed E-state index contributed by atoms with van der Waals surface area (Å²) in [6, 6.07) is 12.8. The first-order valence-electron chi connectivity index (χ1n) is 6.21. The number of hydrogen-bond donors (Lipinski definition) is 1. The molecule has 1 aromatic heterocycles. The minimum atomic E-state index is -0.512. The van der Waals surface area contributed by atoms with E-state index in [9.17, 15) is 9.18 Å². The number of nitrogens with one attached hydrogen (secondary N) is 1. The predicted molar refractivity (Wildman–Crippen MR) is 74.4 cm³/mol. The maximum atomic E-state index is 14.3. The average molecular weight is 269 g/mol. The van der Waals surface area contributed by atoms with E-state index < -0.39 is 5.82 Å². The Morgan fingerprint density at radius 3 is 2.70 bits per heavy atom. The number of H-pyrrole nitrogens is 1. The van der Waals surface area contributed by atoms with E-state index in [0.29, 0.717) is 17.4 Å². The van der Waals surface area contributed by atoms with Crippen LogP contribution in [0, 0.1) is 5.82 Å². The van der Waals surface area contributed by atoms with Gasteiger partial charge in [-0.2, -0.15) is 0 Å². The van der Waals surface area contributed by atoms with Gasteiger partial charge in [-0.3, -0.25) is 4.79 Å². The van der Waals surface area contributed by atoms with Crippen LogP contribution < -0.4 is 4.74 Å². The third kappa shape index (κ3) is 2.16. The van der Waals surface area contributed by atoms with Crippen LogP contribution in [0.15, 0.2) is 48.7 Å². The maximum Gasteiger partial charge on any atom is 0.175 e. The lowest BCUT2D eigenvalue weighted by molar-refractivity contribution is 0.112.